The monoisotopic (exact) mass is 166 g/mol. The van der Waals surface area contributed by atoms with Gasteiger partial charge < -0.3 is 5.43 Å². The van der Waals surface area contributed by atoms with Gasteiger partial charge in [0.05, 0.1) is 0 Å². The molecule has 0 spiro atoms. The molecule has 0 aromatic carbocycles. The van der Waals surface area contributed by atoms with E-state index >= 15 is 0 Å². The van der Waals surface area contributed by atoms with Crippen LogP contribution in [0.5, 0.6) is 0 Å². The number of nitrogens with one attached hydrogen (secondary N) is 1. The van der Waals surface area contributed by atoms with Crippen molar-refractivity contribution in [1.82, 2.24) is 5.43 Å². The van der Waals surface area contributed by atoms with E-state index in [0.29, 0.717) is 5.92 Å². The molecular formula is C10H18N2. The molecular weight excluding hydrogens is 148 g/mol. The Morgan fingerprint density at radius 1 is 1.42 bits per heavy atom. The van der Waals surface area contributed by atoms with Crippen LogP contribution in [-0.2, 0) is 0 Å². The molecule has 0 aromatic heterocycles. The van der Waals surface area contributed by atoms with Crippen molar-refractivity contribution in [3.63, 3.8) is 0 Å². The zero-order valence-corrected chi connectivity index (χ0v) is 8.31. The lowest BCUT2D eigenvalue weighted by atomic mass is 9.94. The first-order chi connectivity index (χ1) is 5.48. The first-order valence-corrected chi connectivity index (χ1v) is 4.14. The minimum atomic E-state index is -0.101. The second kappa shape index (κ2) is 4.84. The Morgan fingerprint density at radius 2 is 2.00 bits per heavy atom. The molecule has 0 amide bonds. The topological polar surface area (TPSA) is 38.0 Å². The maximum Gasteiger partial charge on any atom is 0.0454 e. The number of hydrogen-bond donors (Lipinski definition) is 2. The third-order valence-electron chi connectivity index (χ3n) is 1.28. The van der Waals surface area contributed by atoms with Gasteiger partial charge in [-0.25, -0.2) is 0 Å². The number of rotatable bonds is 2. The van der Waals surface area contributed by atoms with Crippen LogP contribution in [0.4, 0.5) is 0 Å². The van der Waals surface area contributed by atoms with Crippen LogP contribution in [0.3, 0.4) is 0 Å². The molecule has 0 rings (SSSR count). The second-order valence-corrected chi connectivity index (χ2v) is 3.65. The van der Waals surface area contributed by atoms with E-state index in [-0.39, 0.29) is 5.41 Å². The van der Waals surface area contributed by atoms with E-state index in [1.807, 2.05) is 6.08 Å². The maximum atomic E-state index is 5.11. The molecule has 2 nitrogen and oxygen atoms in total. The van der Waals surface area contributed by atoms with Crippen LogP contribution in [0.25, 0.3) is 0 Å². The molecule has 0 fully saturated rings. The average molecular weight is 166 g/mol. The predicted molar refractivity (Wildman–Crippen MR) is 52.9 cm³/mol. The summed E-state index contributed by atoms with van der Waals surface area (Å²) >= 11 is 0. The highest BCUT2D eigenvalue weighted by molar-refractivity contribution is 5.17. The molecule has 0 heterocycles. The zero-order valence-electron chi connectivity index (χ0n) is 8.31. The molecule has 2 heteroatoms. The van der Waals surface area contributed by atoms with Gasteiger partial charge in [-0.2, -0.15) is 0 Å². The molecule has 0 aromatic rings. The minimum Gasteiger partial charge on any atom is -0.332 e. The van der Waals surface area contributed by atoms with Gasteiger partial charge in [0.2, 0.25) is 0 Å². The van der Waals surface area contributed by atoms with Crippen molar-refractivity contribution >= 4 is 0 Å². The van der Waals surface area contributed by atoms with E-state index in [9.17, 15) is 0 Å². The highest BCUT2D eigenvalue weighted by Crippen LogP contribution is 2.14. The molecule has 12 heavy (non-hydrogen) atoms. The first-order valence-electron chi connectivity index (χ1n) is 4.14. The molecule has 0 saturated carbocycles. The molecule has 0 atom stereocenters. The fourth-order valence-electron chi connectivity index (χ4n) is 0.628. The second-order valence-electron chi connectivity index (χ2n) is 3.65. The molecule has 0 aliphatic rings. The highest BCUT2D eigenvalue weighted by atomic mass is 15.2. The van der Waals surface area contributed by atoms with Gasteiger partial charge in [0.25, 0.3) is 0 Å². The number of hydrazine groups is 1. The SMILES string of the molecule is CC(C)C#CC(C)(C)/C=C\NN. The Hall–Kier alpha value is -0.940. The minimum absolute atomic E-state index is 0.101. The quantitative estimate of drug-likeness (QED) is 0.372. The molecule has 0 aliphatic heterocycles. The molecule has 0 unspecified atom stereocenters. The highest BCUT2D eigenvalue weighted by Gasteiger charge is 2.08. The van der Waals surface area contributed by atoms with E-state index < -0.39 is 0 Å². The summed E-state index contributed by atoms with van der Waals surface area (Å²) in [5.41, 5.74) is 2.36. The maximum absolute atomic E-state index is 5.11. The fraction of sp³-hybridized carbons (Fsp3) is 0.600. The summed E-state index contributed by atoms with van der Waals surface area (Å²) in [6.07, 6.45) is 3.65. The van der Waals surface area contributed by atoms with Crippen molar-refractivity contribution in [2.45, 2.75) is 27.7 Å². The van der Waals surface area contributed by atoms with Crippen LogP contribution in [0.15, 0.2) is 12.3 Å². The molecule has 3 N–H and O–H groups in total. The average Bonchev–Trinajstić information content (AvgIpc) is 1.98. The Morgan fingerprint density at radius 3 is 2.42 bits per heavy atom. The molecule has 68 valence electrons. The lowest BCUT2D eigenvalue weighted by Crippen LogP contribution is -2.15. The fourth-order valence-corrected chi connectivity index (χ4v) is 0.628. The normalized spacial score (nSPS) is 11.5. The van der Waals surface area contributed by atoms with E-state index in [2.05, 4.69) is 45.0 Å². The van der Waals surface area contributed by atoms with Crippen molar-refractivity contribution in [2.24, 2.45) is 17.2 Å². The summed E-state index contributed by atoms with van der Waals surface area (Å²) in [4.78, 5) is 0. The van der Waals surface area contributed by atoms with Gasteiger partial charge in [0.15, 0.2) is 0 Å². The van der Waals surface area contributed by atoms with Crippen LogP contribution >= 0.6 is 0 Å². The van der Waals surface area contributed by atoms with Crippen molar-refractivity contribution < 1.29 is 0 Å². The summed E-state index contributed by atoms with van der Waals surface area (Å²) in [6, 6.07) is 0. The van der Waals surface area contributed by atoms with Gasteiger partial charge in [0, 0.05) is 17.5 Å². The molecule has 0 aliphatic carbocycles. The zero-order chi connectivity index (χ0) is 9.61. The number of hydrogen-bond acceptors (Lipinski definition) is 2. The summed E-state index contributed by atoms with van der Waals surface area (Å²) in [7, 11) is 0. The smallest absolute Gasteiger partial charge is 0.0454 e. The van der Waals surface area contributed by atoms with Crippen molar-refractivity contribution in [3.8, 4) is 11.8 Å². The molecule has 0 saturated heterocycles. The Labute approximate surface area is 75.2 Å². The van der Waals surface area contributed by atoms with Gasteiger partial charge in [-0.05, 0) is 19.9 Å². The van der Waals surface area contributed by atoms with Crippen molar-refractivity contribution in [3.05, 3.63) is 12.3 Å². The molecule has 0 bridgehead atoms. The van der Waals surface area contributed by atoms with Gasteiger partial charge in [-0.1, -0.05) is 25.7 Å². The summed E-state index contributed by atoms with van der Waals surface area (Å²) in [5.74, 6) is 11.8. The Bertz CT molecular complexity index is 204. The van der Waals surface area contributed by atoms with Crippen molar-refractivity contribution in [1.29, 1.82) is 0 Å². The van der Waals surface area contributed by atoms with Crippen LogP contribution in [-0.4, -0.2) is 0 Å². The largest absolute Gasteiger partial charge is 0.332 e. The van der Waals surface area contributed by atoms with Crippen LogP contribution in [0.2, 0.25) is 0 Å². The summed E-state index contributed by atoms with van der Waals surface area (Å²) in [6.45, 7) is 8.26. The number of allylic oxidation sites excluding steroid dienone is 1. The molecule has 0 radical (unpaired) electrons. The first kappa shape index (κ1) is 11.1. The van der Waals surface area contributed by atoms with Crippen LogP contribution < -0.4 is 11.3 Å². The van der Waals surface area contributed by atoms with Gasteiger partial charge >= 0.3 is 0 Å². The third-order valence-corrected chi connectivity index (χ3v) is 1.28. The Balaban J connectivity index is 4.24. The van der Waals surface area contributed by atoms with Gasteiger partial charge in [-0.15, -0.1) is 0 Å². The lowest BCUT2D eigenvalue weighted by Gasteiger charge is -2.10. The van der Waals surface area contributed by atoms with Gasteiger partial charge in [-0.3, -0.25) is 5.84 Å². The Kier molecular flexibility index (Phi) is 4.46. The summed E-state index contributed by atoms with van der Waals surface area (Å²) < 4.78 is 0. The van der Waals surface area contributed by atoms with Crippen LogP contribution in [0, 0.1) is 23.2 Å². The van der Waals surface area contributed by atoms with Crippen LogP contribution in [0.1, 0.15) is 27.7 Å². The van der Waals surface area contributed by atoms with E-state index in [1.165, 1.54) is 0 Å². The van der Waals surface area contributed by atoms with E-state index in [0.717, 1.165) is 0 Å². The standard InChI is InChI=1S/C10H18N2/c1-9(2)5-6-10(3,4)7-8-12-11/h7-9,12H,11H2,1-4H3/b8-7-. The predicted octanol–water partition coefficient (Wildman–Crippen LogP) is 1.65. The van der Waals surface area contributed by atoms with E-state index in [4.69, 9.17) is 5.84 Å². The van der Waals surface area contributed by atoms with Gasteiger partial charge in [0.1, 0.15) is 0 Å². The number of nitrogens with two attached hydrogens (primary N) is 1. The lowest BCUT2D eigenvalue weighted by molar-refractivity contribution is 0.645. The summed E-state index contributed by atoms with van der Waals surface area (Å²) in [5, 5.41) is 0. The van der Waals surface area contributed by atoms with Crippen molar-refractivity contribution in [2.75, 3.05) is 0 Å². The van der Waals surface area contributed by atoms with E-state index in [1.54, 1.807) is 6.20 Å². The third kappa shape index (κ3) is 5.82.